The van der Waals surface area contributed by atoms with Crippen LogP contribution in [-0.4, -0.2) is 23.9 Å². The molecule has 0 saturated carbocycles. The Bertz CT molecular complexity index is 1120. The Morgan fingerprint density at radius 2 is 1.58 bits per heavy atom. The fourth-order valence-corrected chi connectivity index (χ4v) is 3.55. The van der Waals surface area contributed by atoms with Crippen molar-refractivity contribution < 1.29 is 52.4 Å². The molecule has 0 heterocycles. The van der Waals surface area contributed by atoms with Crippen LogP contribution in [0.5, 0.6) is 5.75 Å². The Labute approximate surface area is 160 Å². The van der Waals surface area contributed by atoms with E-state index >= 15 is 0 Å². The van der Waals surface area contributed by atoms with Crippen molar-refractivity contribution in [2.75, 3.05) is 0 Å². The van der Waals surface area contributed by atoms with Crippen LogP contribution < -0.4 is 29.6 Å². The van der Waals surface area contributed by atoms with Crippen molar-refractivity contribution in [2.24, 2.45) is 0 Å². The van der Waals surface area contributed by atoms with Gasteiger partial charge in [-0.05, 0) is 29.3 Å². The van der Waals surface area contributed by atoms with Crippen molar-refractivity contribution in [1.29, 1.82) is 0 Å². The zero-order chi connectivity index (χ0) is 16.4. The van der Waals surface area contributed by atoms with Gasteiger partial charge < -0.3 is 9.66 Å². The summed E-state index contributed by atoms with van der Waals surface area (Å²) >= 11 is 0. The minimum atomic E-state index is -4.64. The maximum absolute atomic E-state index is 12.7. The van der Waals surface area contributed by atoms with E-state index in [4.69, 9.17) is 0 Å². The van der Waals surface area contributed by atoms with Crippen molar-refractivity contribution in [3.63, 3.8) is 0 Å². The molecule has 0 radical (unpaired) electrons. The molecule has 1 N–H and O–H groups in total. The molecular weight excluding hydrogens is 339 g/mol. The SMILES string of the molecule is O=C1c2cc(S(=O)(=O)[O-])ccc2-c2ccc(O)c3cccc1c23.[Na+]. The van der Waals surface area contributed by atoms with E-state index in [-0.39, 0.29) is 46.7 Å². The second-order valence-electron chi connectivity index (χ2n) is 5.35. The third-order valence-electron chi connectivity index (χ3n) is 4.08. The first-order chi connectivity index (χ1) is 10.9. The van der Waals surface area contributed by atoms with E-state index < -0.39 is 15.0 Å². The standard InChI is InChI=1S/C17H10O5S.Na/c18-15-7-6-11-10-5-4-9(23(20,21)22)8-14(10)17(19)13-3-1-2-12(15)16(11)13;/h1-8,18H,(H,20,21,22);/q;+1/p-1. The number of carbonyl (C=O) groups excluding carboxylic acids is 1. The summed E-state index contributed by atoms with van der Waals surface area (Å²) in [6, 6.07) is 12.0. The predicted octanol–water partition coefficient (Wildman–Crippen LogP) is -0.335. The fourth-order valence-electron chi connectivity index (χ4n) is 3.05. The number of benzene rings is 3. The molecule has 0 fully saturated rings. The molecule has 0 amide bonds. The van der Waals surface area contributed by atoms with E-state index in [9.17, 15) is 22.9 Å². The molecule has 0 saturated heterocycles. The van der Waals surface area contributed by atoms with Gasteiger partial charge in [0.25, 0.3) is 0 Å². The Hall–Kier alpha value is -1.70. The number of hydrogen-bond donors (Lipinski definition) is 1. The summed E-state index contributed by atoms with van der Waals surface area (Å²) in [5.41, 5.74) is 1.82. The van der Waals surface area contributed by atoms with Gasteiger partial charge in [-0.15, -0.1) is 0 Å². The monoisotopic (exact) mass is 348 g/mol. The number of phenols is 1. The first kappa shape index (κ1) is 17.1. The summed E-state index contributed by atoms with van der Waals surface area (Å²) in [6.45, 7) is 0. The maximum Gasteiger partial charge on any atom is 1.00 e. The molecule has 0 aromatic heterocycles. The average Bonchev–Trinajstić information content (AvgIpc) is 2.52. The summed E-state index contributed by atoms with van der Waals surface area (Å²) in [6.07, 6.45) is 0. The van der Waals surface area contributed by atoms with E-state index in [0.29, 0.717) is 21.9 Å². The van der Waals surface area contributed by atoms with E-state index in [0.717, 1.165) is 11.6 Å². The molecular formula is C17H9NaO5S. The van der Waals surface area contributed by atoms with Gasteiger partial charge in [-0.1, -0.05) is 30.3 Å². The molecule has 0 aliphatic heterocycles. The number of fused-ring (bicyclic) bond motifs is 2. The minimum absolute atomic E-state index is 0. The van der Waals surface area contributed by atoms with Crippen molar-refractivity contribution in [3.8, 4) is 16.9 Å². The van der Waals surface area contributed by atoms with Gasteiger partial charge in [0.15, 0.2) is 5.78 Å². The van der Waals surface area contributed by atoms with Crippen LogP contribution in [0, 0.1) is 0 Å². The number of rotatable bonds is 1. The third kappa shape index (κ3) is 2.39. The molecule has 7 heteroatoms. The molecule has 5 nitrogen and oxygen atoms in total. The fraction of sp³-hybridized carbons (Fsp3) is 0. The van der Waals surface area contributed by atoms with Gasteiger partial charge in [0.1, 0.15) is 15.9 Å². The first-order valence-electron chi connectivity index (χ1n) is 6.77. The van der Waals surface area contributed by atoms with Crippen LogP contribution in [0.2, 0.25) is 0 Å². The van der Waals surface area contributed by atoms with Gasteiger partial charge in [0.2, 0.25) is 0 Å². The van der Waals surface area contributed by atoms with Crippen LogP contribution in [0.15, 0.2) is 53.4 Å². The summed E-state index contributed by atoms with van der Waals surface area (Å²) in [4.78, 5) is 12.3. The van der Waals surface area contributed by atoms with Crippen LogP contribution in [0.3, 0.4) is 0 Å². The number of aromatic hydroxyl groups is 1. The van der Waals surface area contributed by atoms with E-state index in [2.05, 4.69) is 0 Å². The zero-order valence-corrected chi connectivity index (χ0v) is 15.4. The van der Waals surface area contributed by atoms with Gasteiger partial charge >= 0.3 is 29.6 Å². The van der Waals surface area contributed by atoms with E-state index in [1.807, 2.05) is 0 Å². The van der Waals surface area contributed by atoms with Gasteiger partial charge in [-0.2, -0.15) is 0 Å². The molecule has 114 valence electrons. The molecule has 0 unspecified atom stereocenters. The van der Waals surface area contributed by atoms with Crippen molar-refractivity contribution >= 4 is 26.7 Å². The summed E-state index contributed by atoms with van der Waals surface area (Å²) < 4.78 is 33.6. The molecule has 1 aliphatic rings. The summed E-state index contributed by atoms with van der Waals surface area (Å²) in [5.74, 6) is -0.296. The quantitative estimate of drug-likeness (QED) is 0.375. The molecule has 3 aromatic carbocycles. The third-order valence-corrected chi connectivity index (χ3v) is 4.91. The molecule has 24 heavy (non-hydrogen) atoms. The molecule has 3 aromatic rings. The molecule has 0 bridgehead atoms. The van der Waals surface area contributed by atoms with Crippen LogP contribution in [-0.2, 0) is 10.1 Å². The van der Waals surface area contributed by atoms with Crippen LogP contribution >= 0.6 is 0 Å². The Kier molecular flexibility index (Phi) is 4.06. The van der Waals surface area contributed by atoms with Crippen LogP contribution in [0.25, 0.3) is 21.9 Å². The Morgan fingerprint density at radius 1 is 0.875 bits per heavy atom. The minimum Gasteiger partial charge on any atom is -0.744 e. The number of carbonyl (C=O) groups is 1. The van der Waals surface area contributed by atoms with Crippen molar-refractivity contribution in [1.82, 2.24) is 0 Å². The molecule has 0 spiro atoms. The first-order valence-corrected chi connectivity index (χ1v) is 8.18. The topological polar surface area (TPSA) is 94.5 Å². The van der Waals surface area contributed by atoms with Gasteiger partial charge in [0, 0.05) is 21.9 Å². The zero-order valence-electron chi connectivity index (χ0n) is 12.6. The maximum atomic E-state index is 12.7. The Morgan fingerprint density at radius 3 is 2.29 bits per heavy atom. The second kappa shape index (κ2) is 5.68. The normalized spacial score (nSPS) is 12.6. The van der Waals surface area contributed by atoms with Crippen LogP contribution in [0.1, 0.15) is 15.9 Å². The molecule has 0 atom stereocenters. The molecule has 1 aliphatic carbocycles. The van der Waals surface area contributed by atoms with E-state index in [1.165, 1.54) is 18.2 Å². The van der Waals surface area contributed by atoms with Gasteiger partial charge in [0.05, 0.1) is 4.90 Å². The summed E-state index contributed by atoms with van der Waals surface area (Å²) in [5, 5.41) is 11.2. The number of ketones is 1. The smallest absolute Gasteiger partial charge is 0.744 e. The van der Waals surface area contributed by atoms with Crippen molar-refractivity contribution in [2.45, 2.75) is 4.90 Å². The second-order valence-corrected chi connectivity index (χ2v) is 6.73. The Balaban J connectivity index is 0.00000169. The van der Waals surface area contributed by atoms with Gasteiger partial charge in [-0.3, -0.25) is 4.79 Å². The summed E-state index contributed by atoms with van der Waals surface area (Å²) in [7, 11) is -4.64. The van der Waals surface area contributed by atoms with E-state index in [1.54, 1.807) is 24.3 Å². The predicted molar refractivity (Wildman–Crippen MR) is 82.4 cm³/mol. The van der Waals surface area contributed by atoms with Gasteiger partial charge in [-0.25, -0.2) is 8.42 Å². The largest absolute Gasteiger partial charge is 1.00 e. The number of hydrogen-bond acceptors (Lipinski definition) is 5. The average molecular weight is 348 g/mol. The molecule has 4 rings (SSSR count). The number of phenolic OH excluding ortho intramolecular Hbond substituents is 1. The van der Waals surface area contributed by atoms with Crippen molar-refractivity contribution in [3.05, 3.63) is 59.7 Å². The van der Waals surface area contributed by atoms with Crippen LogP contribution in [0.4, 0.5) is 0 Å².